The van der Waals surface area contributed by atoms with Crippen molar-refractivity contribution < 1.29 is 19.2 Å². The average molecular weight is 489 g/mol. The number of ether oxygens (including phenoxy) is 2. The number of nitrogens with one attached hydrogen (secondary N) is 1. The Labute approximate surface area is 187 Å². The summed E-state index contributed by atoms with van der Waals surface area (Å²) in [4.78, 5) is 23.7. The van der Waals surface area contributed by atoms with Crippen LogP contribution in [0, 0.1) is 24.0 Å². The van der Waals surface area contributed by atoms with Crippen LogP contribution < -0.4 is 14.8 Å². The first-order chi connectivity index (χ1) is 14.7. The van der Waals surface area contributed by atoms with Crippen molar-refractivity contribution in [2.45, 2.75) is 26.8 Å². The van der Waals surface area contributed by atoms with E-state index in [0.29, 0.717) is 11.5 Å². The highest BCUT2D eigenvalue weighted by Crippen LogP contribution is 2.34. The highest BCUT2D eigenvalue weighted by Gasteiger charge is 2.22. The molecule has 0 aliphatic rings. The van der Waals surface area contributed by atoms with Crippen molar-refractivity contribution in [2.75, 3.05) is 12.4 Å². The molecule has 1 amide bonds. The number of anilines is 1. The third-order valence-corrected chi connectivity index (χ3v) is 5.80. The van der Waals surface area contributed by atoms with E-state index >= 15 is 0 Å². The van der Waals surface area contributed by atoms with Gasteiger partial charge in [0.1, 0.15) is 11.8 Å². The van der Waals surface area contributed by atoms with Gasteiger partial charge in [-0.1, -0.05) is 12.1 Å². The number of non-ortho nitro benzene ring substituents is 1. The van der Waals surface area contributed by atoms with Crippen LogP contribution in [0.2, 0.25) is 0 Å². The maximum atomic E-state index is 12.8. The predicted molar refractivity (Wildman–Crippen MR) is 119 cm³/mol. The number of benzene rings is 2. The number of para-hydroxylation sites is 2. The summed E-state index contributed by atoms with van der Waals surface area (Å²) in [7, 11) is 1.50. The Balaban J connectivity index is 1.89. The molecule has 1 atom stereocenters. The Morgan fingerprint density at radius 2 is 1.90 bits per heavy atom. The number of amides is 1. The summed E-state index contributed by atoms with van der Waals surface area (Å²) >= 11 is 3.45. The fourth-order valence-corrected chi connectivity index (χ4v) is 3.29. The zero-order valence-corrected chi connectivity index (χ0v) is 19.0. The van der Waals surface area contributed by atoms with Gasteiger partial charge in [-0.25, -0.2) is 0 Å². The molecule has 3 aromatic rings. The van der Waals surface area contributed by atoms with Crippen molar-refractivity contribution in [3.63, 3.8) is 0 Å². The lowest BCUT2D eigenvalue weighted by Gasteiger charge is -2.15. The molecule has 3 rings (SSSR count). The van der Waals surface area contributed by atoms with Crippen LogP contribution in [0.4, 0.5) is 11.4 Å². The zero-order chi connectivity index (χ0) is 22.7. The molecule has 1 aromatic heterocycles. The molecule has 0 saturated carbocycles. The molecule has 0 aliphatic heterocycles. The highest BCUT2D eigenvalue weighted by molar-refractivity contribution is 9.10. The summed E-state index contributed by atoms with van der Waals surface area (Å²) in [6.07, 6.45) is 0. The summed E-state index contributed by atoms with van der Waals surface area (Å²) in [5, 5.41) is 18.5. The quantitative estimate of drug-likeness (QED) is 0.362. The van der Waals surface area contributed by atoms with E-state index < -0.39 is 11.0 Å². The summed E-state index contributed by atoms with van der Waals surface area (Å²) in [6, 6.07) is 10.4. The molecule has 0 radical (unpaired) electrons. The van der Waals surface area contributed by atoms with Gasteiger partial charge in [0.25, 0.3) is 5.69 Å². The second kappa shape index (κ2) is 9.17. The largest absolute Gasteiger partial charge is 0.493 e. The lowest BCUT2D eigenvalue weighted by atomic mass is 10.2. The Bertz CT molecular complexity index is 1140. The number of aromatic nitrogens is 2. The van der Waals surface area contributed by atoms with Crippen molar-refractivity contribution in [1.82, 2.24) is 9.78 Å². The number of nitro groups is 1. The minimum atomic E-state index is -0.636. The van der Waals surface area contributed by atoms with Crippen molar-refractivity contribution >= 4 is 33.2 Å². The van der Waals surface area contributed by atoms with Crippen LogP contribution in [0.3, 0.4) is 0 Å². The van der Waals surface area contributed by atoms with E-state index in [1.54, 1.807) is 35.9 Å². The van der Waals surface area contributed by atoms with Gasteiger partial charge in [-0.2, -0.15) is 5.10 Å². The molecule has 1 N–H and O–H groups in total. The maximum absolute atomic E-state index is 12.8. The van der Waals surface area contributed by atoms with E-state index in [1.165, 1.54) is 25.3 Å². The number of halogens is 1. The summed E-state index contributed by atoms with van der Waals surface area (Å²) < 4.78 is 13.5. The van der Waals surface area contributed by atoms with Crippen LogP contribution in [-0.4, -0.2) is 27.7 Å². The number of carbonyl (C=O) groups is 1. The van der Waals surface area contributed by atoms with Crippen molar-refractivity contribution in [3.8, 4) is 17.2 Å². The van der Waals surface area contributed by atoms with Crippen molar-refractivity contribution in [1.29, 1.82) is 0 Å². The molecule has 0 bridgehead atoms. The Morgan fingerprint density at radius 1 is 1.23 bits per heavy atom. The number of nitro benzene ring substituents is 1. The van der Waals surface area contributed by atoms with E-state index in [9.17, 15) is 14.9 Å². The summed E-state index contributed by atoms with van der Waals surface area (Å²) in [5.41, 5.74) is 1.58. The SMILES string of the molecule is COc1ccccc1Oc1cc(NC(=O)C(C)n2nc(C)c(Br)c2C)cc([N+](=O)[O-])c1. The molecule has 162 valence electrons. The molecule has 0 spiro atoms. The lowest BCUT2D eigenvalue weighted by Crippen LogP contribution is -2.25. The maximum Gasteiger partial charge on any atom is 0.275 e. The second-order valence-electron chi connectivity index (χ2n) is 6.82. The number of methoxy groups -OCH3 is 1. The van der Waals surface area contributed by atoms with Gasteiger partial charge in [0.15, 0.2) is 11.5 Å². The first-order valence-corrected chi connectivity index (χ1v) is 10.1. The van der Waals surface area contributed by atoms with Gasteiger partial charge in [0.05, 0.1) is 39.6 Å². The van der Waals surface area contributed by atoms with Gasteiger partial charge in [-0.3, -0.25) is 19.6 Å². The highest BCUT2D eigenvalue weighted by atomic mass is 79.9. The van der Waals surface area contributed by atoms with Crippen LogP contribution in [0.1, 0.15) is 24.4 Å². The first-order valence-electron chi connectivity index (χ1n) is 9.33. The molecule has 10 heteroatoms. The standard InChI is InChI=1S/C21H21BrN4O5/c1-12-20(22)13(2)25(24-12)14(3)21(27)23-15-9-16(26(28)29)11-17(10-15)31-19-8-6-5-7-18(19)30-4/h5-11,14H,1-4H3,(H,23,27). The van der Waals surface area contributed by atoms with Gasteiger partial charge in [0.2, 0.25) is 5.91 Å². The normalized spacial score (nSPS) is 11.6. The zero-order valence-electron chi connectivity index (χ0n) is 17.4. The number of carbonyl (C=O) groups excluding carboxylic acids is 1. The van der Waals surface area contributed by atoms with Gasteiger partial charge in [0, 0.05) is 12.1 Å². The Morgan fingerprint density at radius 3 is 2.48 bits per heavy atom. The van der Waals surface area contributed by atoms with Gasteiger partial charge in [-0.05, 0) is 48.8 Å². The molecular formula is C21H21BrN4O5. The number of rotatable bonds is 7. The topological polar surface area (TPSA) is 109 Å². The molecule has 1 heterocycles. The van der Waals surface area contributed by atoms with Crippen LogP contribution >= 0.6 is 15.9 Å². The predicted octanol–water partition coefficient (Wildman–Crippen LogP) is 5.17. The monoisotopic (exact) mass is 488 g/mol. The summed E-state index contributed by atoms with van der Waals surface area (Å²) in [5.74, 6) is 0.685. The Hall–Kier alpha value is -3.40. The third kappa shape index (κ3) is 4.85. The average Bonchev–Trinajstić information content (AvgIpc) is 3.00. The van der Waals surface area contributed by atoms with E-state index in [4.69, 9.17) is 9.47 Å². The first kappa shape index (κ1) is 22.3. The van der Waals surface area contributed by atoms with Crippen LogP contribution in [-0.2, 0) is 4.79 Å². The van der Waals surface area contributed by atoms with Crippen molar-refractivity contribution in [2.24, 2.45) is 0 Å². The fourth-order valence-electron chi connectivity index (χ4n) is 3.03. The smallest absolute Gasteiger partial charge is 0.275 e. The van der Waals surface area contributed by atoms with E-state index in [1.807, 2.05) is 13.8 Å². The number of hydrogen-bond donors (Lipinski definition) is 1. The van der Waals surface area contributed by atoms with E-state index in [0.717, 1.165) is 15.9 Å². The second-order valence-corrected chi connectivity index (χ2v) is 7.61. The number of nitrogens with zero attached hydrogens (tertiary/aromatic N) is 3. The molecule has 0 fully saturated rings. The van der Waals surface area contributed by atoms with Crippen molar-refractivity contribution in [3.05, 3.63) is 68.4 Å². The Kier molecular flexibility index (Phi) is 6.59. The van der Waals surface area contributed by atoms with Crippen LogP contribution in [0.5, 0.6) is 17.2 Å². The molecule has 0 aliphatic carbocycles. The summed E-state index contributed by atoms with van der Waals surface area (Å²) in [6.45, 7) is 5.38. The number of aryl methyl sites for hydroxylation is 1. The number of hydrogen-bond acceptors (Lipinski definition) is 6. The van der Waals surface area contributed by atoms with Gasteiger partial charge in [-0.15, -0.1) is 0 Å². The van der Waals surface area contributed by atoms with Crippen LogP contribution in [0.15, 0.2) is 46.9 Å². The molecule has 0 saturated heterocycles. The molecule has 1 unspecified atom stereocenters. The lowest BCUT2D eigenvalue weighted by molar-refractivity contribution is -0.384. The molecule has 31 heavy (non-hydrogen) atoms. The van der Waals surface area contributed by atoms with Gasteiger partial charge < -0.3 is 14.8 Å². The van der Waals surface area contributed by atoms with Gasteiger partial charge >= 0.3 is 0 Å². The molecule has 9 nitrogen and oxygen atoms in total. The minimum Gasteiger partial charge on any atom is -0.493 e. The minimum absolute atomic E-state index is 0.190. The van der Waals surface area contributed by atoms with E-state index in [2.05, 4.69) is 26.3 Å². The molecular weight excluding hydrogens is 468 g/mol. The third-order valence-electron chi connectivity index (χ3n) is 4.65. The van der Waals surface area contributed by atoms with E-state index in [-0.39, 0.29) is 23.0 Å². The van der Waals surface area contributed by atoms with Crippen LogP contribution in [0.25, 0.3) is 0 Å². The fraction of sp³-hybridized carbons (Fsp3) is 0.238. The molecule has 2 aromatic carbocycles.